The molecular weight excluding hydrogens is 392 g/mol. The largest absolute Gasteiger partial charge is 0.486 e. The van der Waals surface area contributed by atoms with Crippen LogP contribution in [0.15, 0.2) is 47.4 Å². The Balaban J connectivity index is 1.48. The molecule has 0 aromatic heterocycles. The maximum atomic E-state index is 12.7. The van der Waals surface area contributed by atoms with Crippen LogP contribution in [-0.4, -0.2) is 45.0 Å². The highest BCUT2D eigenvalue weighted by molar-refractivity contribution is 7.92. The number of carbonyl (C=O) groups excluding carboxylic acids is 1. The minimum atomic E-state index is -3.79. The van der Waals surface area contributed by atoms with E-state index in [-0.39, 0.29) is 16.8 Å². The molecular formula is C21H24N2O5S. The molecule has 0 bridgehead atoms. The molecule has 154 valence electrons. The average Bonchev–Trinajstić information content (AvgIpc) is 2.73. The first-order valence-corrected chi connectivity index (χ1v) is 11.3. The van der Waals surface area contributed by atoms with Gasteiger partial charge in [0.2, 0.25) is 0 Å². The zero-order valence-electron chi connectivity index (χ0n) is 16.3. The lowest BCUT2D eigenvalue weighted by Crippen LogP contribution is -2.42. The van der Waals surface area contributed by atoms with Gasteiger partial charge in [0.1, 0.15) is 13.2 Å². The Morgan fingerprint density at radius 1 is 1.03 bits per heavy atom. The van der Waals surface area contributed by atoms with Gasteiger partial charge in [-0.3, -0.25) is 9.52 Å². The van der Waals surface area contributed by atoms with Gasteiger partial charge in [-0.15, -0.1) is 0 Å². The first kappa shape index (κ1) is 19.6. The molecule has 2 heterocycles. The third kappa shape index (κ3) is 4.17. The summed E-state index contributed by atoms with van der Waals surface area (Å²) in [7, 11) is -3.79. The Morgan fingerprint density at radius 2 is 1.76 bits per heavy atom. The monoisotopic (exact) mass is 416 g/mol. The quantitative estimate of drug-likeness (QED) is 0.827. The molecule has 0 aliphatic carbocycles. The van der Waals surface area contributed by atoms with Crippen molar-refractivity contribution in [3.05, 3.63) is 48.0 Å². The summed E-state index contributed by atoms with van der Waals surface area (Å²) in [4.78, 5) is 14.7. The normalized spacial score (nSPS) is 18.9. The smallest absolute Gasteiger partial charge is 0.262 e. The van der Waals surface area contributed by atoms with Gasteiger partial charge in [-0.05, 0) is 62.6 Å². The maximum Gasteiger partial charge on any atom is 0.262 e. The zero-order valence-corrected chi connectivity index (χ0v) is 17.1. The van der Waals surface area contributed by atoms with E-state index in [0.717, 1.165) is 25.8 Å². The number of nitrogens with zero attached hydrogens (tertiary/aromatic N) is 1. The van der Waals surface area contributed by atoms with Gasteiger partial charge in [0, 0.05) is 29.9 Å². The van der Waals surface area contributed by atoms with Crippen LogP contribution in [0, 0.1) is 0 Å². The number of hydrogen-bond acceptors (Lipinski definition) is 5. The number of carbonyl (C=O) groups is 1. The van der Waals surface area contributed by atoms with Crippen LogP contribution in [0.4, 0.5) is 5.69 Å². The van der Waals surface area contributed by atoms with Crippen molar-refractivity contribution >= 4 is 21.6 Å². The van der Waals surface area contributed by atoms with E-state index < -0.39 is 10.0 Å². The summed E-state index contributed by atoms with van der Waals surface area (Å²) >= 11 is 0. The summed E-state index contributed by atoms with van der Waals surface area (Å²) in [6, 6.07) is 11.3. The van der Waals surface area contributed by atoms with Crippen molar-refractivity contribution in [1.82, 2.24) is 4.90 Å². The number of ether oxygens (including phenoxy) is 2. The summed E-state index contributed by atoms with van der Waals surface area (Å²) in [6.45, 7) is 3.65. The number of anilines is 1. The average molecular weight is 416 g/mol. The Morgan fingerprint density at radius 3 is 2.48 bits per heavy atom. The topological polar surface area (TPSA) is 84.9 Å². The predicted octanol–water partition coefficient (Wildman–Crippen LogP) is 3.27. The highest BCUT2D eigenvalue weighted by Gasteiger charge is 2.24. The maximum absolute atomic E-state index is 12.7. The van der Waals surface area contributed by atoms with Gasteiger partial charge < -0.3 is 14.4 Å². The van der Waals surface area contributed by atoms with Gasteiger partial charge in [-0.25, -0.2) is 8.42 Å². The van der Waals surface area contributed by atoms with Gasteiger partial charge in [-0.1, -0.05) is 0 Å². The van der Waals surface area contributed by atoms with Gasteiger partial charge in [0.15, 0.2) is 11.5 Å². The van der Waals surface area contributed by atoms with Crippen molar-refractivity contribution in [1.29, 1.82) is 0 Å². The number of nitrogens with one attached hydrogen (secondary N) is 1. The molecule has 2 aliphatic rings. The van der Waals surface area contributed by atoms with Gasteiger partial charge in [0.05, 0.1) is 4.90 Å². The third-order valence-corrected chi connectivity index (χ3v) is 6.65. The van der Waals surface area contributed by atoms with Crippen LogP contribution in [0.25, 0.3) is 0 Å². The Hall–Kier alpha value is -2.74. The molecule has 1 amide bonds. The SMILES string of the molecule is CC1CCCCN1C(=O)c1ccc(NS(=O)(=O)c2ccc3c(c2)OCCO3)cc1. The molecule has 4 rings (SSSR count). The van der Waals surface area contributed by atoms with E-state index in [1.807, 2.05) is 4.90 Å². The van der Waals surface area contributed by atoms with Gasteiger partial charge in [-0.2, -0.15) is 0 Å². The van der Waals surface area contributed by atoms with E-state index in [9.17, 15) is 13.2 Å². The molecule has 1 saturated heterocycles. The van der Waals surface area contributed by atoms with Crippen LogP contribution < -0.4 is 14.2 Å². The van der Waals surface area contributed by atoms with Crippen molar-refractivity contribution in [2.45, 2.75) is 37.1 Å². The number of piperidine rings is 1. The number of sulfonamides is 1. The highest BCUT2D eigenvalue weighted by Crippen LogP contribution is 2.32. The molecule has 8 heteroatoms. The molecule has 2 aromatic rings. The number of fused-ring (bicyclic) bond motifs is 1. The molecule has 1 fully saturated rings. The number of rotatable bonds is 4. The summed E-state index contributed by atoms with van der Waals surface area (Å²) in [5, 5.41) is 0. The highest BCUT2D eigenvalue weighted by atomic mass is 32.2. The summed E-state index contributed by atoms with van der Waals surface area (Å²) < 4.78 is 38.9. The lowest BCUT2D eigenvalue weighted by atomic mass is 10.0. The molecule has 2 aliphatic heterocycles. The van der Waals surface area contributed by atoms with Gasteiger partial charge >= 0.3 is 0 Å². The Kier molecular flexibility index (Phi) is 5.36. The van der Waals surface area contributed by atoms with E-state index in [1.165, 1.54) is 12.1 Å². The number of benzene rings is 2. The van der Waals surface area contributed by atoms with E-state index in [4.69, 9.17) is 9.47 Å². The minimum absolute atomic E-state index is 0.0153. The molecule has 2 aromatic carbocycles. The van der Waals surface area contributed by atoms with Crippen molar-refractivity contribution in [2.75, 3.05) is 24.5 Å². The van der Waals surface area contributed by atoms with Crippen LogP contribution in [0.3, 0.4) is 0 Å². The van der Waals surface area contributed by atoms with E-state index >= 15 is 0 Å². The van der Waals surface area contributed by atoms with Crippen LogP contribution in [-0.2, 0) is 10.0 Å². The second-order valence-corrected chi connectivity index (χ2v) is 9.01. The molecule has 0 saturated carbocycles. The molecule has 0 radical (unpaired) electrons. The van der Waals surface area contributed by atoms with Crippen molar-refractivity contribution in [3.8, 4) is 11.5 Å². The minimum Gasteiger partial charge on any atom is -0.486 e. The van der Waals surface area contributed by atoms with Crippen LogP contribution >= 0.6 is 0 Å². The van der Waals surface area contributed by atoms with Crippen molar-refractivity contribution < 1.29 is 22.7 Å². The molecule has 1 atom stereocenters. The summed E-state index contributed by atoms with van der Waals surface area (Å²) in [5.41, 5.74) is 0.948. The number of likely N-dealkylation sites (tertiary alicyclic amines) is 1. The second-order valence-electron chi connectivity index (χ2n) is 7.33. The van der Waals surface area contributed by atoms with Gasteiger partial charge in [0.25, 0.3) is 15.9 Å². The molecule has 0 spiro atoms. The first-order valence-electron chi connectivity index (χ1n) is 9.77. The lowest BCUT2D eigenvalue weighted by Gasteiger charge is -2.33. The van der Waals surface area contributed by atoms with Crippen LogP contribution in [0.1, 0.15) is 36.5 Å². The fourth-order valence-corrected chi connectivity index (χ4v) is 4.73. The summed E-state index contributed by atoms with van der Waals surface area (Å²) in [6.07, 6.45) is 3.17. The molecule has 29 heavy (non-hydrogen) atoms. The second kappa shape index (κ2) is 7.94. The van der Waals surface area contributed by atoms with E-state index in [1.54, 1.807) is 30.3 Å². The molecule has 1 unspecified atom stereocenters. The summed E-state index contributed by atoms with van der Waals surface area (Å²) in [5.74, 6) is 0.930. The number of hydrogen-bond donors (Lipinski definition) is 1. The Labute approximate surface area is 170 Å². The van der Waals surface area contributed by atoms with Crippen LogP contribution in [0.2, 0.25) is 0 Å². The number of amides is 1. The van der Waals surface area contributed by atoms with Crippen molar-refractivity contribution in [3.63, 3.8) is 0 Å². The first-order chi connectivity index (χ1) is 13.9. The molecule has 1 N–H and O–H groups in total. The molecule has 7 nitrogen and oxygen atoms in total. The van der Waals surface area contributed by atoms with Crippen molar-refractivity contribution in [2.24, 2.45) is 0 Å². The fourth-order valence-electron chi connectivity index (χ4n) is 3.65. The zero-order chi connectivity index (χ0) is 20.4. The van der Waals surface area contributed by atoms with E-state index in [2.05, 4.69) is 11.6 Å². The fraction of sp³-hybridized carbons (Fsp3) is 0.381. The van der Waals surface area contributed by atoms with E-state index in [0.29, 0.717) is 36.0 Å². The lowest BCUT2D eigenvalue weighted by molar-refractivity contribution is 0.0635. The third-order valence-electron chi connectivity index (χ3n) is 5.27. The van der Waals surface area contributed by atoms with Crippen LogP contribution in [0.5, 0.6) is 11.5 Å². The predicted molar refractivity (Wildman–Crippen MR) is 109 cm³/mol. The Bertz CT molecular complexity index is 1000. The standard InChI is InChI=1S/C21H24N2O5S/c1-15-4-2-3-11-23(15)21(24)16-5-7-17(8-6-16)22-29(25,26)18-9-10-19-20(14-18)28-13-12-27-19/h5-10,14-15,22H,2-4,11-13H2,1H3.